The Morgan fingerprint density at radius 3 is 2.50 bits per heavy atom. The lowest BCUT2D eigenvalue weighted by atomic mass is 10.1. The van der Waals surface area contributed by atoms with Crippen molar-refractivity contribution in [1.29, 1.82) is 0 Å². The van der Waals surface area contributed by atoms with Gasteiger partial charge in [0.25, 0.3) is 0 Å². The fourth-order valence-electron chi connectivity index (χ4n) is 2.03. The second-order valence-electron chi connectivity index (χ2n) is 4.69. The van der Waals surface area contributed by atoms with Gasteiger partial charge in [-0.2, -0.15) is 0 Å². The Bertz CT molecular complexity index is 608. The van der Waals surface area contributed by atoms with E-state index in [1.54, 1.807) is 6.07 Å². The van der Waals surface area contributed by atoms with Crippen LogP contribution in [0.15, 0.2) is 42.5 Å². The quantitative estimate of drug-likeness (QED) is 0.828. The fourth-order valence-corrected chi connectivity index (χ4v) is 2.17. The molecule has 0 aliphatic heterocycles. The average Bonchev–Trinajstić information content (AvgIpc) is 2.42. The number of halogens is 1. The lowest BCUT2D eigenvalue weighted by molar-refractivity contribution is 0.625. The number of hydrogen-bond acceptors (Lipinski definition) is 2. The summed E-state index contributed by atoms with van der Waals surface area (Å²) in [6.45, 7) is 2.72. The average molecular weight is 288 g/mol. The number of aryl methyl sites for hydroxylation is 1. The molecule has 0 aliphatic rings. The van der Waals surface area contributed by atoms with Crippen LogP contribution in [-0.4, -0.2) is 11.5 Å². The first kappa shape index (κ1) is 14.5. The van der Waals surface area contributed by atoms with Crippen LogP contribution in [0, 0.1) is 12.7 Å². The van der Waals surface area contributed by atoms with E-state index in [0.29, 0.717) is 4.99 Å². The molecule has 0 heterocycles. The third kappa shape index (κ3) is 3.78. The van der Waals surface area contributed by atoms with Crippen LogP contribution in [0.3, 0.4) is 0 Å². The Kier molecular flexibility index (Phi) is 4.69. The molecule has 0 saturated carbocycles. The summed E-state index contributed by atoms with van der Waals surface area (Å²) < 4.78 is 13.0. The molecule has 2 rings (SSSR count). The Balaban J connectivity index is 1.91. The summed E-state index contributed by atoms with van der Waals surface area (Å²) in [5.41, 5.74) is 9.56. The maximum absolute atomic E-state index is 13.0. The molecule has 2 nitrogen and oxygen atoms in total. The Hall–Kier alpha value is -1.94. The number of thiocarbonyl (C=S) groups is 1. The Morgan fingerprint density at radius 1 is 1.20 bits per heavy atom. The van der Waals surface area contributed by atoms with Crippen molar-refractivity contribution in [2.24, 2.45) is 5.73 Å². The van der Waals surface area contributed by atoms with E-state index < -0.39 is 0 Å². The van der Waals surface area contributed by atoms with Crippen molar-refractivity contribution in [1.82, 2.24) is 0 Å². The molecule has 104 valence electrons. The fraction of sp³-hybridized carbons (Fsp3) is 0.188. The molecular weight excluding hydrogens is 271 g/mol. The summed E-state index contributed by atoms with van der Waals surface area (Å²) in [4.78, 5) is 0.401. The first-order valence-electron chi connectivity index (χ1n) is 6.45. The van der Waals surface area contributed by atoms with E-state index in [4.69, 9.17) is 18.0 Å². The van der Waals surface area contributed by atoms with Crippen molar-refractivity contribution in [3.63, 3.8) is 0 Å². The smallest absolute Gasteiger partial charge is 0.123 e. The predicted octanol–water partition coefficient (Wildman–Crippen LogP) is 3.42. The third-order valence-corrected chi connectivity index (χ3v) is 3.43. The van der Waals surface area contributed by atoms with E-state index >= 15 is 0 Å². The summed E-state index contributed by atoms with van der Waals surface area (Å²) in [6.07, 6.45) is 0.850. The van der Waals surface area contributed by atoms with Crippen LogP contribution in [0.5, 0.6) is 0 Å². The highest BCUT2D eigenvalue weighted by Crippen LogP contribution is 2.13. The van der Waals surface area contributed by atoms with E-state index in [2.05, 4.69) is 5.32 Å². The summed E-state index contributed by atoms with van der Waals surface area (Å²) in [5, 5.41) is 3.32. The molecule has 0 aromatic heterocycles. The highest BCUT2D eigenvalue weighted by atomic mass is 32.1. The van der Waals surface area contributed by atoms with Gasteiger partial charge < -0.3 is 11.1 Å². The van der Waals surface area contributed by atoms with Gasteiger partial charge in [-0.05, 0) is 60.9 Å². The van der Waals surface area contributed by atoms with Gasteiger partial charge in [-0.1, -0.05) is 18.3 Å². The van der Waals surface area contributed by atoms with Gasteiger partial charge in [0.05, 0.1) is 0 Å². The summed E-state index contributed by atoms with van der Waals surface area (Å²) in [5.74, 6) is -0.187. The zero-order chi connectivity index (χ0) is 14.5. The normalized spacial score (nSPS) is 10.3. The number of rotatable bonds is 5. The molecule has 3 N–H and O–H groups in total. The van der Waals surface area contributed by atoms with Crippen LogP contribution >= 0.6 is 12.2 Å². The van der Waals surface area contributed by atoms with Crippen LogP contribution in [0.25, 0.3) is 0 Å². The monoisotopic (exact) mass is 288 g/mol. The minimum absolute atomic E-state index is 0.187. The first-order valence-corrected chi connectivity index (χ1v) is 6.86. The second-order valence-corrected chi connectivity index (χ2v) is 5.13. The molecule has 0 bridgehead atoms. The van der Waals surface area contributed by atoms with E-state index in [1.807, 2.05) is 37.3 Å². The molecule has 0 spiro atoms. The van der Waals surface area contributed by atoms with E-state index in [0.717, 1.165) is 35.3 Å². The molecule has 0 unspecified atom stereocenters. The lowest BCUT2D eigenvalue weighted by Crippen LogP contribution is -2.10. The Morgan fingerprint density at radius 2 is 1.90 bits per heavy atom. The van der Waals surface area contributed by atoms with Crippen molar-refractivity contribution in [3.05, 3.63) is 65.0 Å². The van der Waals surface area contributed by atoms with Crippen molar-refractivity contribution in [2.75, 3.05) is 11.9 Å². The lowest BCUT2D eigenvalue weighted by Gasteiger charge is -2.09. The van der Waals surface area contributed by atoms with Crippen molar-refractivity contribution in [3.8, 4) is 0 Å². The van der Waals surface area contributed by atoms with Gasteiger partial charge in [-0.25, -0.2) is 4.39 Å². The zero-order valence-electron chi connectivity index (χ0n) is 11.3. The highest BCUT2D eigenvalue weighted by Gasteiger charge is 2.01. The predicted molar refractivity (Wildman–Crippen MR) is 85.7 cm³/mol. The molecule has 0 amide bonds. The topological polar surface area (TPSA) is 38.0 Å². The molecule has 0 fully saturated rings. The van der Waals surface area contributed by atoms with Gasteiger partial charge in [0, 0.05) is 17.8 Å². The number of nitrogens with one attached hydrogen (secondary N) is 1. The van der Waals surface area contributed by atoms with Gasteiger partial charge in [0.2, 0.25) is 0 Å². The minimum Gasteiger partial charge on any atom is -0.389 e. The number of nitrogens with two attached hydrogens (primary N) is 1. The first-order chi connectivity index (χ1) is 9.56. The summed E-state index contributed by atoms with van der Waals surface area (Å²) in [6, 6.07) is 12.6. The van der Waals surface area contributed by atoms with Gasteiger partial charge in [0.15, 0.2) is 0 Å². The van der Waals surface area contributed by atoms with E-state index in [-0.39, 0.29) is 5.82 Å². The van der Waals surface area contributed by atoms with Gasteiger partial charge in [-0.15, -0.1) is 0 Å². The summed E-state index contributed by atoms with van der Waals surface area (Å²) in [7, 11) is 0. The number of anilines is 1. The standard InChI is InChI=1S/C16H17FN2S/c1-11-10-14(17)5-2-12(11)8-9-19-15-6-3-13(4-7-15)16(18)20/h2-7,10,19H,8-9H2,1H3,(H2,18,20). The van der Waals surface area contributed by atoms with Crippen molar-refractivity contribution < 1.29 is 4.39 Å². The molecule has 0 saturated heterocycles. The molecule has 0 atom stereocenters. The minimum atomic E-state index is -0.187. The molecule has 2 aromatic rings. The number of hydrogen-bond donors (Lipinski definition) is 2. The highest BCUT2D eigenvalue weighted by molar-refractivity contribution is 7.80. The van der Waals surface area contributed by atoms with Crippen molar-refractivity contribution in [2.45, 2.75) is 13.3 Å². The van der Waals surface area contributed by atoms with Crippen LogP contribution in [-0.2, 0) is 6.42 Å². The molecule has 2 aromatic carbocycles. The number of benzene rings is 2. The van der Waals surface area contributed by atoms with Gasteiger partial charge in [0.1, 0.15) is 10.8 Å². The molecule has 4 heteroatoms. The zero-order valence-corrected chi connectivity index (χ0v) is 12.1. The maximum Gasteiger partial charge on any atom is 0.123 e. The maximum atomic E-state index is 13.0. The third-order valence-electron chi connectivity index (χ3n) is 3.20. The molecular formula is C16H17FN2S. The van der Waals surface area contributed by atoms with E-state index in [1.165, 1.54) is 6.07 Å². The van der Waals surface area contributed by atoms with Crippen LogP contribution < -0.4 is 11.1 Å². The molecule has 20 heavy (non-hydrogen) atoms. The second kappa shape index (κ2) is 6.48. The largest absolute Gasteiger partial charge is 0.389 e. The Labute approximate surface area is 123 Å². The van der Waals surface area contributed by atoms with Crippen LogP contribution in [0.4, 0.5) is 10.1 Å². The molecule has 0 aliphatic carbocycles. The van der Waals surface area contributed by atoms with Crippen LogP contribution in [0.2, 0.25) is 0 Å². The van der Waals surface area contributed by atoms with Gasteiger partial charge in [-0.3, -0.25) is 0 Å². The molecule has 0 radical (unpaired) electrons. The van der Waals surface area contributed by atoms with E-state index in [9.17, 15) is 4.39 Å². The van der Waals surface area contributed by atoms with Crippen LogP contribution in [0.1, 0.15) is 16.7 Å². The SMILES string of the molecule is Cc1cc(F)ccc1CCNc1ccc(C(N)=S)cc1. The summed E-state index contributed by atoms with van der Waals surface area (Å²) >= 11 is 4.91. The van der Waals surface area contributed by atoms with Gasteiger partial charge >= 0.3 is 0 Å². The van der Waals surface area contributed by atoms with Crippen molar-refractivity contribution >= 4 is 22.9 Å².